The van der Waals surface area contributed by atoms with Gasteiger partial charge in [0, 0.05) is 25.5 Å². The molecule has 3 rings (SSSR count). The molecule has 0 aliphatic rings. The first-order valence-corrected chi connectivity index (χ1v) is 7.95. The summed E-state index contributed by atoms with van der Waals surface area (Å²) >= 11 is 0. The van der Waals surface area contributed by atoms with Gasteiger partial charge in [0.25, 0.3) is 0 Å². The van der Waals surface area contributed by atoms with Crippen LogP contribution in [0.2, 0.25) is 0 Å². The lowest BCUT2D eigenvalue weighted by Crippen LogP contribution is -2.28. The molecule has 0 aliphatic carbocycles. The van der Waals surface area contributed by atoms with Gasteiger partial charge in [-0.2, -0.15) is 0 Å². The van der Waals surface area contributed by atoms with E-state index < -0.39 is 0 Å². The van der Waals surface area contributed by atoms with E-state index in [2.05, 4.69) is 19.9 Å². The lowest BCUT2D eigenvalue weighted by Gasteiger charge is -2.07. The SMILES string of the molecule is O=C(Cn1cnc2ccccc21)NCCCCCn1ccnc1. The van der Waals surface area contributed by atoms with Crippen molar-refractivity contribution in [1.82, 2.24) is 24.4 Å². The van der Waals surface area contributed by atoms with Gasteiger partial charge in [0.2, 0.25) is 5.91 Å². The van der Waals surface area contributed by atoms with E-state index in [1.54, 1.807) is 12.5 Å². The van der Waals surface area contributed by atoms with Crippen LogP contribution in [0.5, 0.6) is 0 Å². The van der Waals surface area contributed by atoms with Gasteiger partial charge < -0.3 is 14.5 Å². The van der Waals surface area contributed by atoms with Crippen molar-refractivity contribution in [2.75, 3.05) is 6.54 Å². The molecule has 0 bridgehead atoms. The molecule has 0 aliphatic heterocycles. The molecule has 2 heterocycles. The number of para-hydroxylation sites is 2. The molecule has 6 nitrogen and oxygen atoms in total. The zero-order valence-corrected chi connectivity index (χ0v) is 13.1. The van der Waals surface area contributed by atoms with Crippen molar-refractivity contribution in [3.8, 4) is 0 Å². The van der Waals surface area contributed by atoms with Gasteiger partial charge in [0.05, 0.1) is 23.7 Å². The van der Waals surface area contributed by atoms with Crippen LogP contribution in [0.15, 0.2) is 49.3 Å². The second-order valence-corrected chi connectivity index (χ2v) is 5.57. The van der Waals surface area contributed by atoms with Crippen LogP contribution >= 0.6 is 0 Å². The van der Waals surface area contributed by atoms with Gasteiger partial charge in [0.15, 0.2) is 0 Å². The first-order chi connectivity index (χ1) is 11.3. The van der Waals surface area contributed by atoms with Crippen LogP contribution in [-0.2, 0) is 17.9 Å². The number of hydrogen-bond donors (Lipinski definition) is 1. The fourth-order valence-electron chi connectivity index (χ4n) is 2.59. The monoisotopic (exact) mass is 311 g/mol. The Bertz CT molecular complexity index is 747. The molecule has 0 radical (unpaired) electrons. The average Bonchev–Trinajstić information content (AvgIpc) is 3.21. The van der Waals surface area contributed by atoms with E-state index in [1.165, 1.54) is 0 Å². The standard InChI is InChI=1S/C17H21N5O/c23-17(12-22-14-20-15-6-2-3-7-16(15)22)19-8-4-1-5-10-21-11-9-18-13-21/h2-3,6-7,9,11,13-14H,1,4-5,8,10,12H2,(H,19,23). The van der Waals surface area contributed by atoms with Gasteiger partial charge in [-0.3, -0.25) is 4.79 Å². The molecule has 1 amide bonds. The van der Waals surface area contributed by atoms with Gasteiger partial charge in [-0.05, 0) is 31.4 Å². The Morgan fingerprint density at radius 3 is 2.91 bits per heavy atom. The summed E-state index contributed by atoms with van der Waals surface area (Å²) in [5, 5.41) is 2.97. The van der Waals surface area contributed by atoms with Crippen LogP contribution in [0.4, 0.5) is 0 Å². The largest absolute Gasteiger partial charge is 0.355 e. The number of amides is 1. The molecule has 1 N–H and O–H groups in total. The molecular formula is C17H21N5O. The summed E-state index contributed by atoms with van der Waals surface area (Å²) in [4.78, 5) is 20.3. The molecule has 0 atom stereocenters. The third-order valence-corrected chi connectivity index (χ3v) is 3.82. The zero-order valence-electron chi connectivity index (χ0n) is 13.1. The predicted octanol–water partition coefficient (Wildman–Crippen LogP) is 2.22. The maximum Gasteiger partial charge on any atom is 0.239 e. The van der Waals surface area contributed by atoms with Gasteiger partial charge >= 0.3 is 0 Å². The Morgan fingerprint density at radius 1 is 1.13 bits per heavy atom. The highest BCUT2D eigenvalue weighted by Crippen LogP contribution is 2.11. The molecular weight excluding hydrogens is 290 g/mol. The van der Waals surface area contributed by atoms with E-state index in [1.807, 2.05) is 41.4 Å². The highest BCUT2D eigenvalue weighted by atomic mass is 16.1. The highest BCUT2D eigenvalue weighted by molar-refractivity contribution is 5.80. The molecule has 23 heavy (non-hydrogen) atoms. The van der Waals surface area contributed by atoms with Gasteiger partial charge in [-0.25, -0.2) is 9.97 Å². The second kappa shape index (κ2) is 7.58. The van der Waals surface area contributed by atoms with E-state index in [0.29, 0.717) is 6.54 Å². The van der Waals surface area contributed by atoms with E-state index in [4.69, 9.17) is 0 Å². The Hall–Kier alpha value is -2.63. The fourth-order valence-corrected chi connectivity index (χ4v) is 2.59. The van der Waals surface area contributed by atoms with E-state index in [-0.39, 0.29) is 5.91 Å². The topological polar surface area (TPSA) is 64.7 Å². The molecule has 0 saturated carbocycles. The number of benzene rings is 1. The molecule has 0 fully saturated rings. The van der Waals surface area contributed by atoms with Gasteiger partial charge in [-0.15, -0.1) is 0 Å². The molecule has 0 unspecified atom stereocenters. The van der Waals surface area contributed by atoms with Crippen molar-refractivity contribution >= 4 is 16.9 Å². The third kappa shape index (κ3) is 4.18. The summed E-state index contributed by atoms with van der Waals surface area (Å²) in [5.41, 5.74) is 1.91. The molecule has 120 valence electrons. The molecule has 6 heteroatoms. The summed E-state index contributed by atoms with van der Waals surface area (Å²) in [6, 6.07) is 7.83. The number of nitrogens with zero attached hydrogens (tertiary/aromatic N) is 4. The van der Waals surface area contributed by atoms with Crippen LogP contribution in [0.3, 0.4) is 0 Å². The number of carbonyl (C=O) groups excluding carboxylic acids is 1. The Labute approximate surface area is 135 Å². The van der Waals surface area contributed by atoms with Crippen LogP contribution < -0.4 is 5.32 Å². The van der Waals surface area contributed by atoms with Crippen molar-refractivity contribution in [2.24, 2.45) is 0 Å². The Kier molecular flexibility index (Phi) is 5.03. The summed E-state index contributed by atoms with van der Waals surface area (Å²) < 4.78 is 3.95. The van der Waals surface area contributed by atoms with E-state index in [9.17, 15) is 4.79 Å². The van der Waals surface area contributed by atoms with E-state index >= 15 is 0 Å². The normalized spacial score (nSPS) is 11.0. The Morgan fingerprint density at radius 2 is 2.04 bits per heavy atom. The first kappa shape index (κ1) is 15.3. The van der Waals surface area contributed by atoms with Crippen molar-refractivity contribution in [1.29, 1.82) is 0 Å². The maximum absolute atomic E-state index is 12.0. The van der Waals surface area contributed by atoms with Crippen LogP contribution in [-0.4, -0.2) is 31.6 Å². The lowest BCUT2D eigenvalue weighted by molar-refractivity contribution is -0.121. The van der Waals surface area contributed by atoms with Gasteiger partial charge in [-0.1, -0.05) is 12.1 Å². The maximum atomic E-state index is 12.0. The smallest absolute Gasteiger partial charge is 0.239 e. The fraction of sp³-hybridized carbons (Fsp3) is 0.353. The van der Waals surface area contributed by atoms with Crippen LogP contribution in [0.25, 0.3) is 11.0 Å². The minimum absolute atomic E-state index is 0.0303. The van der Waals surface area contributed by atoms with Crippen molar-refractivity contribution < 1.29 is 4.79 Å². The highest BCUT2D eigenvalue weighted by Gasteiger charge is 2.06. The number of imidazole rings is 2. The van der Waals surface area contributed by atoms with E-state index in [0.717, 1.165) is 43.4 Å². The van der Waals surface area contributed by atoms with Crippen molar-refractivity contribution in [2.45, 2.75) is 32.4 Å². The quantitative estimate of drug-likeness (QED) is 0.649. The number of fused-ring (bicyclic) bond motifs is 1. The first-order valence-electron chi connectivity index (χ1n) is 7.95. The molecule has 0 spiro atoms. The number of rotatable bonds is 8. The molecule has 0 saturated heterocycles. The minimum Gasteiger partial charge on any atom is -0.355 e. The number of nitrogens with one attached hydrogen (secondary N) is 1. The second-order valence-electron chi connectivity index (χ2n) is 5.57. The predicted molar refractivity (Wildman–Crippen MR) is 88.8 cm³/mol. The summed E-state index contributed by atoms with van der Waals surface area (Å²) in [6.07, 6.45) is 10.5. The zero-order chi connectivity index (χ0) is 15.9. The average molecular weight is 311 g/mol. The number of unbranched alkanes of at least 4 members (excludes halogenated alkanes) is 2. The van der Waals surface area contributed by atoms with Crippen molar-refractivity contribution in [3.63, 3.8) is 0 Å². The Balaban J connectivity index is 1.35. The van der Waals surface area contributed by atoms with Crippen LogP contribution in [0.1, 0.15) is 19.3 Å². The number of carbonyl (C=O) groups is 1. The molecule has 2 aromatic heterocycles. The summed E-state index contributed by atoms with van der Waals surface area (Å²) in [6.45, 7) is 2.01. The number of aryl methyl sites for hydroxylation is 1. The lowest BCUT2D eigenvalue weighted by atomic mass is 10.2. The van der Waals surface area contributed by atoms with Crippen LogP contribution in [0, 0.1) is 0 Å². The minimum atomic E-state index is 0.0303. The molecule has 3 aromatic rings. The number of hydrogen-bond acceptors (Lipinski definition) is 3. The van der Waals surface area contributed by atoms with Gasteiger partial charge in [0.1, 0.15) is 6.54 Å². The number of aromatic nitrogens is 4. The molecule has 1 aromatic carbocycles. The van der Waals surface area contributed by atoms with Crippen molar-refractivity contribution in [3.05, 3.63) is 49.3 Å². The summed E-state index contributed by atoms with van der Waals surface area (Å²) in [5.74, 6) is 0.0303. The summed E-state index contributed by atoms with van der Waals surface area (Å²) in [7, 11) is 0. The third-order valence-electron chi connectivity index (χ3n) is 3.82.